The van der Waals surface area contributed by atoms with Crippen molar-refractivity contribution >= 4 is 22.6 Å². The van der Waals surface area contributed by atoms with Gasteiger partial charge in [-0.25, -0.2) is 4.79 Å². The Kier molecular flexibility index (Phi) is 5.91. The first-order valence-corrected chi connectivity index (χ1v) is 9.17. The molecule has 140 valence electrons. The van der Waals surface area contributed by atoms with Gasteiger partial charge >= 0.3 is 5.63 Å². The number of benzene rings is 2. The van der Waals surface area contributed by atoms with Gasteiger partial charge in [-0.15, -0.1) is 0 Å². The van der Waals surface area contributed by atoms with Gasteiger partial charge in [-0.1, -0.05) is 32.4 Å². The third kappa shape index (κ3) is 4.76. The zero-order valence-electron chi connectivity index (χ0n) is 15.6. The van der Waals surface area contributed by atoms with E-state index in [9.17, 15) is 9.59 Å². The zero-order chi connectivity index (χ0) is 19.2. The first-order valence-electron chi connectivity index (χ1n) is 9.17. The molecule has 27 heavy (non-hydrogen) atoms. The molecule has 2 aromatic carbocycles. The standard InChI is InChI=1S/C22H23NO4/c1-3-5-15-6-8-17(9-7-15)23-21(24)14-26-18-10-11-19-16(4-2)12-22(25)27-20(19)13-18/h6-13H,3-5,14H2,1-2H3,(H,23,24). The van der Waals surface area contributed by atoms with Crippen LogP contribution in [0.25, 0.3) is 11.0 Å². The Hall–Kier alpha value is -3.08. The van der Waals surface area contributed by atoms with Crippen molar-refractivity contribution in [3.63, 3.8) is 0 Å². The number of carbonyl (C=O) groups excluding carboxylic acids is 1. The number of nitrogens with one attached hydrogen (secondary N) is 1. The van der Waals surface area contributed by atoms with Crippen LogP contribution in [0.2, 0.25) is 0 Å². The minimum absolute atomic E-state index is 0.125. The quantitative estimate of drug-likeness (QED) is 0.633. The minimum atomic E-state index is -0.388. The smallest absolute Gasteiger partial charge is 0.336 e. The summed E-state index contributed by atoms with van der Waals surface area (Å²) in [5.41, 5.74) is 2.98. The predicted molar refractivity (Wildman–Crippen MR) is 106 cm³/mol. The second-order valence-corrected chi connectivity index (χ2v) is 6.39. The SMILES string of the molecule is CCCc1ccc(NC(=O)COc2ccc3c(CC)cc(=O)oc3c2)cc1. The molecule has 5 nitrogen and oxygen atoms in total. The topological polar surface area (TPSA) is 68.5 Å². The lowest BCUT2D eigenvalue weighted by atomic mass is 10.1. The molecule has 0 spiro atoms. The van der Waals surface area contributed by atoms with Crippen LogP contribution in [0.1, 0.15) is 31.4 Å². The van der Waals surface area contributed by atoms with E-state index in [1.54, 1.807) is 12.1 Å². The summed E-state index contributed by atoms with van der Waals surface area (Å²) >= 11 is 0. The Balaban J connectivity index is 1.63. The number of fused-ring (bicyclic) bond motifs is 1. The summed E-state index contributed by atoms with van der Waals surface area (Å²) in [6.07, 6.45) is 2.85. The van der Waals surface area contributed by atoms with E-state index in [1.807, 2.05) is 37.3 Å². The van der Waals surface area contributed by atoms with Gasteiger partial charge < -0.3 is 14.5 Å². The van der Waals surface area contributed by atoms with E-state index in [4.69, 9.17) is 9.15 Å². The number of hydrogen-bond acceptors (Lipinski definition) is 4. The molecule has 1 aromatic heterocycles. The molecule has 1 N–H and O–H groups in total. The maximum Gasteiger partial charge on any atom is 0.336 e. The molecule has 1 amide bonds. The predicted octanol–water partition coefficient (Wildman–Crippen LogP) is 4.33. The molecule has 0 fully saturated rings. The number of hydrogen-bond donors (Lipinski definition) is 1. The molecule has 0 aliphatic heterocycles. The fraction of sp³-hybridized carbons (Fsp3) is 0.273. The third-order valence-electron chi connectivity index (χ3n) is 4.33. The monoisotopic (exact) mass is 365 g/mol. The van der Waals surface area contributed by atoms with Gasteiger partial charge in [0.2, 0.25) is 0 Å². The number of carbonyl (C=O) groups is 1. The van der Waals surface area contributed by atoms with Crippen molar-refractivity contribution < 1.29 is 13.9 Å². The van der Waals surface area contributed by atoms with Crippen LogP contribution >= 0.6 is 0 Å². The summed E-state index contributed by atoms with van der Waals surface area (Å²) in [7, 11) is 0. The molecule has 0 radical (unpaired) electrons. The van der Waals surface area contributed by atoms with Gasteiger partial charge in [-0.3, -0.25) is 4.79 Å². The summed E-state index contributed by atoms with van der Waals surface area (Å²) in [5, 5.41) is 3.68. The lowest BCUT2D eigenvalue weighted by Crippen LogP contribution is -2.20. The Morgan fingerprint density at radius 2 is 1.85 bits per heavy atom. The van der Waals surface area contributed by atoms with E-state index < -0.39 is 0 Å². The van der Waals surface area contributed by atoms with Gasteiger partial charge in [0.25, 0.3) is 5.91 Å². The van der Waals surface area contributed by atoms with Gasteiger partial charge in [0.15, 0.2) is 6.61 Å². The van der Waals surface area contributed by atoms with Gasteiger partial charge in [0.1, 0.15) is 11.3 Å². The van der Waals surface area contributed by atoms with Crippen molar-refractivity contribution in [3.8, 4) is 5.75 Å². The zero-order valence-corrected chi connectivity index (χ0v) is 15.6. The second-order valence-electron chi connectivity index (χ2n) is 6.39. The molecule has 3 aromatic rings. The molecule has 1 heterocycles. The van der Waals surface area contributed by atoms with Gasteiger partial charge in [0.05, 0.1) is 0 Å². The lowest BCUT2D eigenvalue weighted by molar-refractivity contribution is -0.118. The number of aryl methyl sites for hydroxylation is 2. The van der Waals surface area contributed by atoms with Gasteiger partial charge in [-0.2, -0.15) is 0 Å². The van der Waals surface area contributed by atoms with Crippen LogP contribution < -0.4 is 15.7 Å². The maximum atomic E-state index is 12.1. The molecule has 3 rings (SSSR count). The number of amides is 1. The highest BCUT2D eigenvalue weighted by Crippen LogP contribution is 2.23. The van der Waals surface area contributed by atoms with Crippen LogP contribution in [-0.2, 0) is 17.6 Å². The average molecular weight is 365 g/mol. The Morgan fingerprint density at radius 3 is 2.56 bits per heavy atom. The van der Waals surface area contributed by atoms with Crippen LogP contribution in [-0.4, -0.2) is 12.5 Å². The summed E-state index contributed by atoms with van der Waals surface area (Å²) in [5.74, 6) is 0.231. The first-order chi connectivity index (χ1) is 13.1. The molecule has 0 atom stereocenters. The largest absolute Gasteiger partial charge is 0.484 e. The van der Waals surface area contributed by atoms with E-state index in [0.717, 1.165) is 35.9 Å². The van der Waals surface area contributed by atoms with Crippen LogP contribution in [0.5, 0.6) is 5.75 Å². The van der Waals surface area contributed by atoms with Crippen LogP contribution in [0.15, 0.2) is 57.7 Å². The summed E-state index contributed by atoms with van der Waals surface area (Å²) in [6, 6.07) is 14.6. The Bertz CT molecular complexity index is 989. The van der Waals surface area contributed by atoms with Gasteiger partial charge in [0, 0.05) is 23.2 Å². The van der Waals surface area contributed by atoms with Gasteiger partial charge in [-0.05, 0) is 48.2 Å². The molecular weight excluding hydrogens is 342 g/mol. The van der Waals surface area contributed by atoms with E-state index >= 15 is 0 Å². The molecule has 0 aliphatic carbocycles. The van der Waals surface area contributed by atoms with Crippen LogP contribution in [0, 0.1) is 0 Å². The molecule has 0 bridgehead atoms. The van der Waals surface area contributed by atoms with Crippen molar-refractivity contribution in [2.24, 2.45) is 0 Å². The maximum absolute atomic E-state index is 12.1. The van der Waals surface area contributed by atoms with Crippen LogP contribution in [0.3, 0.4) is 0 Å². The van der Waals surface area contributed by atoms with Crippen molar-refractivity contribution in [2.75, 3.05) is 11.9 Å². The summed E-state index contributed by atoms with van der Waals surface area (Å²) < 4.78 is 10.8. The molecule has 0 unspecified atom stereocenters. The molecular formula is C22H23NO4. The highest BCUT2D eigenvalue weighted by molar-refractivity contribution is 5.92. The first kappa shape index (κ1) is 18.7. The fourth-order valence-corrected chi connectivity index (χ4v) is 2.98. The molecule has 5 heteroatoms. The molecule has 0 saturated heterocycles. The number of anilines is 1. The average Bonchev–Trinajstić information content (AvgIpc) is 2.67. The van der Waals surface area contributed by atoms with Crippen molar-refractivity contribution in [1.29, 1.82) is 0 Å². The minimum Gasteiger partial charge on any atom is -0.484 e. The number of rotatable bonds is 7. The van der Waals surface area contributed by atoms with E-state index in [0.29, 0.717) is 11.3 Å². The third-order valence-corrected chi connectivity index (χ3v) is 4.33. The van der Waals surface area contributed by atoms with Crippen molar-refractivity contribution in [3.05, 3.63) is 70.1 Å². The summed E-state index contributed by atoms with van der Waals surface area (Å²) in [6.45, 7) is 3.99. The molecule has 0 saturated carbocycles. The van der Waals surface area contributed by atoms with Crippen molar-refractivity contribution in [2.45, 2.75) is 33.1 Å². The van der Waals surface area contributed by atoms with Crippen molar-refractivity contribution in [1.82, 2.24) is 0 Å². The van der Waals surface area contributed by atoms with Crippen LogP contribution in [0.4, 0.5) is 5.69 Å². The van der Waals surface area contributed by atoms with E-state index in [1.165, 1.54) is 11.6 Å². The normalized spacial score (nSPS) is 10.7. The lowest BCUT2D eigenvalue weighted by Gasteiger charge is -2.09. The Labute approximate surface area is 158 Å². The highest BCUT2D eigenvalue weighted by Gasteiger charge is 2.08. The molecule has 0 aliphatic rings. The number of ether oxygens (including phenoxy) is 1. The second kappa shape index (κ2) is 8.54. The van der Waals surface area contributed by atoms with E-state index in [-0.39, 0.29) is 18.1 Å². The highest BCUT2D eigenvalue weighted by atomic mass is 16.5. The Morgan fingerprint density at radius 1 is 1.07 bits per heavy atom. The summed E-state index contributed by atoms with van der Waals surface area (Å²) in [4.78, 5) is 23.7. The fourth-order valence-electron chi connectivity index (χ4n) is 2.98. The van der Waals surface area contributed by atoms with E-state index in [2.05, 4.69) is 12.2 Å².